The Morgan fingerprint density at radius 1 is 1.09 bits per heavy atom. The first kappa shape index (κ1) is 19.7. The molecule has 5 aromatic rings. The van der Waals surface area contributed by atoms with Crippen LogP contribution in [0.25, 0.3) is 33.4 Å². The van der Waals surface area contributed by atoms with E-state index in [1.165, 1.54) is 0 Å². The van der Waals surface area contributed by atoms with Gasteiger partial charge in [-0.25, -0.2) is 9.97 Å². The predicted octanol–water partition coefficient (Wildman–Crippen LogP) is 4.93. The first-order valence-electron chi connectivity index (χ1n) is 11.1. The fourth-order valence-electron chi connectivity index (χ4n) is 4.35. The Balaban J connectivity index is 1.42. The average molecular weight is 438 g/mol. The summed E-state index contributed by atoms with van der Waals surface area (Å²) in [6, 6.07) is 19.7. The molecule has 1 saturated carbocycles. The number of benzene rings is 2. The number of rotatable bonds is 5. The van der Waals surface area contributed by atoms with Crippen molar-refractivity contribution in [1.82, 2.24) is 24.6 Å². The summed E-state index contributed by atoms with van der Waals surface area (Å²) < 4.78 is 7.66. The molecule has 3 aromatic heterocycles. The third-order valence-corrected chi connectivity index (χ3v) is 6.34. The van der Waals surface area contributed by atoms with Gasteiger partial charge in [-0.05, 0) is 31.0 Å². The Morgan fingerprint density at radius 2 is 1.85 bits per heavy atom. The normalized spacial score (nSPS) is 13.6. The molecule has 33 heavy (non-hydrogen) atoms. The lowest BCUT2D eigenvalue weighted by atomic mass is 10.0. The molecule has 0 spiro atoms. The largest absolute Gasteiger partial charge is 0.335 e. The number of aromatic nitrogens is 4. The molecule has 1 aliphatic rings. The maximum Gasteiger partial charge on any atom is 0.259 e. The molecule has 0 unspecified atom stereocenters. The standard InChI is InChI=1S/C26H23N5O2/c1-30(15-22-27-19-10-6-7-11-21(19)31(22)2)26(32)18-14-20(16-12-13-16)28-25-23(18)24(29-33-25)17-8-4-3-5-9-17/h3-11,14,16H,12-13,15H2,1-2H3. The first-order valence-corrected chi connectivity index (χ1v) is 11.1. The van der Waals surface area contributed by atoms with Gasteiger partial charge in [0.25, 0.3) is 11.6 Å². The molecule has 0 radical (unpaired) electrons. The van der Waals surface area contributed by atoms with E-state index in [4.69, 9.17) is 14.5 Å². The summed E-state index contributed by atoms with van der Waals surface area (Å²) in [7, 11) is 3.78. The SMILES string of the molecule is CN(Cc1nc2ccccc2n1C)C(=O)c1cc(C2CC2)nc2onc(-c3ccccc3)c12. The van der Waals surface area contributed by atoms with Crippen LogP contribution >= 0.6 is 0 Å². The number of pyridine rings is 1. The Hall–Kier alpha value is -4.00. The minimum atomic E-state index is -0.100. The van der Waals surface area contributed by atoms with Crippen LogP contribution in [0, 0.1) is 0 Å². The van der Waals surface area contributed by atoms with Crippen LogP contribution in [0.3, 0.4) is 0 Å². The second-order valence-electron chi connectivity index (χ2n) is 8.68. The van der Waals surface area contributed by atoms with Gasteiger partial charge in [0.05, 0.1) is 28.5 Å². The van der Waals surface area contributed by atoms with Crippen LogP contribution in [-0.2, 0) is 13.6 Å². The fraction of sp³-hybridized carbons (Fsp3) is 0.231. The first-order chi connectivity index (χ1) is 16.1. The van der Waals surface area contributed by atoms with Gasteiger partial charge in [0.2, 0.25) is 0 Å². The fourth-order valence-corrected chi connectivity index (χ4v) is 4.35. The minimum Gasteiger partial charge on any atom is -0.335 e. The van der Waals surface area contributed by atoms with Gasteiger partial charge in [0.1, 0.15) is 11.5 Å². The highest BCUT2D eigenvalue weighted by Gasteiger charge is 2.30. The van der Waals surface area contributed by atoms with Crippen molar-refractivity contribution in [3.63, 3.8) is 0 Å². The lowest BCUT2D eigenvalue weighted by Crippen LogP contribution is -2.28. The van der Waals surface area contributed by atoms with E-state index in [9.17, 15) is 4.79 Å². The number of nitrogens with zero attached hydrogens (tertiary/aromatic N) is 5. The van der Waals surface area contributed by atoms with Gasteiger partial charge >= 0.3 is 0 Å². The van der Waals surface area contributed by atoms with Crippen LogP contribution in [-0.4, -0.2) is 37.5 Å². The second-order valence-corrected chi connectivity index (χ2v) is 8.68. The maximum atomic E-state index is 13.8. The lowest BCUT2D eigenvalue weighted by molar-refractivity contribution is 0.0782. The minimum absolute atomic E-state index is 0.100. The predicted molar refractivity (Wildman–Crippen MR) is 126 cm³/mol. The van der Waals surface area contributed by atoms with E-state index >= 15 is 0 Å². The van der Waals surface area contributed by atoms with Crippen LogP contribution in [0.2, 0.25) is 0 Å². The summed E-state index contributed by atoms with van der Waals surface area (Å²) in [6.07, 6.45) is 2.17. The van der Waals surface area contributed by atoms with Crippen molar-refractivity contribution in [3.8, 4) is 11.3 Å². The molecule has 7 nitrogen and oxygen atoms in total. The molecule has 0 N–H and O–H groups in total. The quantitative estimate of drug-likeness (QED) is 0.390. The van der Waals surface area contributed by atoms with E-state index in [1.807, 2.05) is 72.3 Å². The number of para-hydroxylation sites is 2. The molecule has 3 heterocycles. The Morgan fingerprint density at radius 3 is 2.61 bits per heavy atom. The summed E-state index contributed by atoms with van der Waals surface area (Å²) in [5, 5.41) is 4.95. The number of hydrogen-bond acceptors (Lipinski definition) is 5. The zero-order chi connectivity index (χ0) is 22.5. The molecule has 1 amide bonds. The van der Waals surface area contributed by atoms with Crippen LogP contribution in [0.4, 0.5) is 0 Å². The van der Waals surface area contributed by atoms with Crippen molar-refractivity contribution < 1.29 is 9.32 Å². The van der Waals surface area contributed by atoms with Crippen molar-refractivity contribution >= 4 is 28.0 Å². The van der Waals surface area contributed by atoms with Crippen LogP contribution in [0.5, 0.6) is 0 Å². The Bertz CT molecular complexity index is 1500. The van der Waals surface area contributed by atoms with E-state index in [1.54, 1.807) is 11.9 Å². The highest BCUT2D eigenvalue weighted by molar-refractivity contribution is 6.09. The summed E-state index contributed by atoms with van der Waals surface area (Å²) >= 11 is 0. The molecular formula is C26H23N5O2. The molecule has 7 heteroatoms. The number of aryl methyl sites for hydroxylation is 1. The molecule has 0 bridgehead atoms. The van der Waals surface area contributed by atoms with Crippen LogP contribution < -0.4 is 0 Å². The molecule has 0 saturated heterocycles. The molecule has 1 aliphatic carbocycles. The van der Waals surface area contributed by atoms with Gasteiger partial charge < -0.3 is 14.0 Å². The number of amides is 1. The number of carbonyl (C=O) groups is 1. The van der Waals surface area contributed by atoms with Crippen molar-refractivity contribution in [2.24, 2.45) is 7.05 Å². The topological polar surface area (TPSA) is 77.0 Å². The summed E-state index contributed by atoms with van der Waals surface area (Å²) in [4.78, 5) is 24.9. The van der Waals surface area contributed by atoms with Gasteiger partial charge in [0, 0.05) is 31.3 Å². The van der Waals surface area contributed by atoms with Gasteiger partial charge in [-0.2, -0.15) is 0 Å². The third-order valence-electron chi connectivity index (χ3n) is 6.34. The molecule has 2 aromatic carbocycles. The molecule has 6 rings (SSSR count). The van der Waals surface area contributed by atoms with Crippen molar-refractivity contribution in [2.75, 3.05) is 7.05 Å². The molecule has 0 aliphatic heterocycles. The number of imidazole rings is 1. The van der Waals surface area contributed by atoms with E-state index in [-0.39, 0.29) is 5.91 Å². The molecule has 164 valence electrons. The van der Waals surface area contributed by atoms with Crippen molar-refractivity contribution in [2.45, 2.75) is 25.3 Å². The van der Waals surface area contributed by atoms with Crippen molar-refractivity contribution in [1.29, 1.82) is 0 Å². The Kier molecular flexibility index (Phi) is 4.50. The number of carbonyl (C=O) groups excluding carboxylic acids is 1. The van der Waals surface area contributed by atoms with Crippen molar-refractivity contribution in [3.05, 3.63) is 77.7 Å². The summed E-state index contributed by atoms with van der Waals surface area (Å²) in [5.74, 6) is 1.11. The van der Waals surface area contributed by atoms with E-state index in [0.29, 0.717) is 34.8 Å². The highest BCUT2D eigenvalue weighted by Crippen LogP contribution is 2.41. The van der Waals surface area contributed by atoms with Gasteiger partial charge in [-0.15, -0.1) is 0 Å². The van der Waals surface area contributed by atoms with Crippen LogP contribution in [0.15, 0.2) is 65.2 Å². The monoisotopic (exact) mass is 437 g/mol. The number of hydrogen-bond donors (Lipinski definition) is 0. The van der Waals surface area contributed by atoms with Crippen LogP contribution in [0.1, 0.15) is 40.6 Å². The van der Waals surface area contributed by atoms with E-state index in [0.717, 1.165) is 41.0 Å². The van der Waals surface area contributed by atoms with Gasteiger partial charge in [-0.3, -0.25) is 4.79 Å². The molecule has 0 atom stereocenters. The second kappa shape index (κ2) is 7.55. The summed E-state index contributed by atoms with van der Waals surface area (Å²) in [5.41, 5.74) is 5.38. The summed E-state index contributed by atoms with van der Waals surface area (Å²) in [6.45, 7) is 0.387. The Labute approximate surface area is 190 Å². The zero-order valence-electron chi connectivity index (χ0n) is 18.5. The average Bonchev–Trinajstić information content (AvgIpc) is 3.54. The lowest BCUT2D eigenvalue weighted by Gasteiger charge is -2.18. The zero-order valence-corrected chi connectivity index (χ0v) is 18.5. The third kappa shape index (κ3) is 3.36. The maximum absolute atomic E-state index is 13.8. The number of fused-ring (bicyclic) bond motifs is 2. The van der Waals surface area contributed by atoms with E-state index in [2.05, 4.69) is 5.16 Å². The highest BCUT2D eigenvalue weighted by atomic mass is 16.5. The molecular weight excluding hydrogens is 414 g/mol. The smallest absolute Gasteiger partial charge is 0.259 e. The van der Waals surface area contributed by atoms with E-state index < -0.39 is 0 Å². The van der Waals surface area contributed by atoms with Gasteiger partial charge in [-0.1, -0.05) is 47.6 Å². The molecule has 1 fully saturated rings. The van der Waals surface area contributed by atoms with Gasteiger partial charge in [0.15, 0.2) is 0 Å².